The minimum absolute atomic E-state index is 0.437. The number of halogens is 1. The van der Waals surface area contributed by atoms with Crippen LogP contribution in [0.3, 0.4) is 0 Å². The van der Waals surface area contributed by atoms with E-state index in [4.69, 9.17) is 26.8 Å². The average Bonchev–Trinajstić information content (AvgIpc) is 2.23. The monoisotopic (exact) mass is 229 g/mol. The second-order valence-corrected chi connectivity index (χ2v) is 3.38. The molecule has 1 aromatic carbocycles. The first-order chi connectivity index (χ1) is 7.22. The van der Waals surface area contributed by atoms with Crippen LogP contribution in [-0.2, 0) is 6.54 Å². The molecule has 0 saturated heterocycles. The first kappa shape index (κ1) is 12.1. The van der Waals surface area contributed by atoms with E-state index in [2.05, 4.69) is 0 Å². The molecule has 4 heteroatoms. The van der Waals surface area contributed by atoms with E-state index in [0.29, 0.717) is 36.3 Å². The van der Waals surface area contributed by atoms with Crippen molar-refractivity contribution in [3.05, 3.63) is 22.7 Å². The maximum atomic E-state index is 6.07. The van der Waals surface area contributed by atoms with Crippen LogP contribution in [0, 0.1) is 0 Å². The molecule has 0 amide bonds. The Bertz CT molecular complexity index is 329. The molecule has 84 valence electrons. The summed E-state index contributed by atoms with van der Waals surface area (Å²) in [5, 5.41) is 0.545. The minimum atomic E-state index is 0.437. The number of ether oxygens (including phenoxy) is 2. The Hall–Kier alpha value is -0.930. The molecule has 0 aromatic heterocycles. The molecular weight excluding hydrogens is 214 g/mol. The molecule has 0 heterocycles. The normalized spacial score (nSPS) is 10.1. The zero-order valence-corrected chi connectivity index (χ0v) is 9.80. The molecule has 1 aromatic rings. The third kappa shape index (κ3) is 3.01. The Morgan fingerprint density at radius 1 is 1.20 bits per heavy atom. The molecule has 2 N–H and O–H groups in total. The summed E-state index contributed by atoms with van der Waals surface area (Å²) >= 11 is 6.07. The molecule has 0 saturated carbocycles. The minimum Gasteiger partial charge on any atom is -0.490 e. The van der Waals surface area contributed by atoms with Crippen LogP contribution in [0.15, 0.2) is 12.1 Å². The highest BCUT2D eigenvalue weighted by Crippen LogP contribution is 2.36. The molecule has 0 atom stereocenters. The van der Waals surface area contributed by atoms with Gasteiger partial charge < -0.3 is 15.2 Å². The molecule has 0 spiro atoms. The fourth-order valence-electron chi connectivity index (χ4n) is 1.29. The summed E-state index contributed by atoms with van der Waals surface area (Å²) in [6, 6.07) is 3.66. The van der Waals surface area contributed by atoms with Gasteiger partial charge in [0.05, 0.1) is 18.2 Å². The van der Waals surface area contributed by atoms with Crippen LogP contribution in [-0.4, -0.2) is 13.2 Å². The van der Waals surface area contributed by atoms with E-state index >= 15 is 0 Å². The van der Waals surface area contributed by atoms with Gasteiger partial charge in [-0.15, -0.1) is 0 Å². The van der Waals surface area contributed by atoms with Crippen molar-refractivity contribution in [3.63, 3.8) is 0 Å². The van der Waals surface area contributed by atoms with Gasteiger partial charge in [-0.05, 0) is 31.5 Å². The van der Waals surface area contributed by atoms with Crippen LogP contribution in [0.4, 0.5) is 0 Å². The first-order valence-electron chi connectivity index (χ1n) is 5.01. The molecule has 15 heavy (non-hydrogen) atoms. The summed E-state index contributed by atoms with van der Waals surface area (Å²) in [5.74, 6) is 1.26. The molecule has 0 aliphatic carbocycles. The first-order valence-corrected chi connectivity index (χ1v) is 5.38. The predicted octanol–water partition coefficient (Wildman–Crippen LogP) is 2.60. The van der Waals surface area contributed by atoms with Crippen molar-refractivity contribution >= 4 is 11.6 Å². The Balaban J connectivity index is 3.10. The summed E-state index contributed by atoms with van der Waals surface area (Å²) in [5.41, 5.74) is 6.49. The van der Waals surface area contributed by atoms with Gasteiger partial charge in [0.1, 0.15) is 0 Å². The summed E-state index contributed by atoms with van der Waals surface area (Å²) < 4.78 is 10.9. The highest BCUT2D eigenvalue weighted by molar-refractivity contribution is 6.32. The molecule has 3 nitrogen and oxygen atoms in total. The maximum Gasteiger partial charge on any atom is 0.179 e. The lowest BCUT2D eigenvalue weighted by Gasteiger charge is -2.13. The lowest BCUT2D eigenvalue weighted by Crippen LogP contribution is -2.02. The SMILES string of the molecule is CCOc1cc(CN)cc(Cl)c1OCC. The third-order valence-electron chi connectivity index (χ3n) is 1.89. The van der Waals surface area contributed by atoms with Gasteiger partial charge in [0.15, 0.2) is 11.5 Å². The lowest BCUT2D eigenvalue weighted by molar-refractivity contribution is 0.287. The zero-order valence-electron chi connectivity index (χ0n) is 9.05. The van der Waals surface area contributed by atoms with Gasteiger partial charge in [-0.3, -0.25) is 0 Å². The van der Waals surface area contributed by atoms with Crippen LogP contribution in [0.25, 0.3) is 0 Å². The molecule has 1 rings (SSSR count). The van der Waals surface area contributed by atoms with E-state index in [1.54, 1.807) is 6.07 Å². The smallest absolute Gasteiger partial charge is 0.179 e. The molecule has 0 bridgehead atoms. The van der Waals surface area contributed by atoms with Crippen molar-refractivity contribution in [1.82, 2.24) is 0 Å². The number of rotatable bonds is 5. The fourth-order valence-corrected chi connectivity index (χ4v) is 1.57. The standard InChI is InChI=1S/C11H16ClNO2/c1-3-14-10-6-8(7-13)5-9(12)11(10)15-4-2/h5-6H,3-4,7,13H2,1-2H3. The van der Waals surface area contributed by atoms with E-state index < -0.39 is 0 Å². The summed E-state index contributed by atoms with van der Waals surface area (Å²) in [7, 11) is 0. The van der Waals surface area contributed by atoms with Crippen molar-refractivity contribution in [2.75, 3.05) is 13.2 Å². The highest BCUT2D eigenvalue weighted by atomic mass is 35.5. The number of benzene rings is 1. The van der Waals surface area contributed by atoms with Crippen LogP contribution in [0.5, 0.6) is 11.5 Å². The number of hydrogen-bond acceptors (Lipinski definition) is 3. The van der Waals surface area contributed by atoms with Crippen molar-refractivity contribution in [2.24, 2.45) is 5.73 Å². The number of nitrogens with two attached hydrogens (primary N) is 1. The van der Waals surface area contributed by atoms with E-state index in [0.717, 1.165) is 5.56 Å². The van der Waals surface area contributed by atoms with E-state index in [1.165, 1.54) is 0 Å². The summed E-state index contributed by atoms with van der Waals surface area (Å²) in [4.78, 5) is 0. The van der Waals surface area contributed by atoms with Crippen molar-refractivity contribution in [1.29, 1.82) is 0 Å². The van der Waals surface area contributed by atoms with Crippen molar-refractivity contribution in [3.8, 4) is 11.5 Å². The van der Waals surface area contributed by atoms with Gasteiger partial charge in [0.25, 0.3) is 0 Å². The summed E-state index contributed by atoms with van der Waals surface area (Å²) in [6.45, 7) is 5.39. The Morgan fingerprint density at radius 3 is 2.40 bits per heavy atom. The lowest BCUT2D eigenvalue weighted by atomic mass is 10.2. The molecule has 0 radical (unpaired) electrons. The predicted molar refractivity (Wildman–Crippen MR) is 61.7 cm³/mol. The average molecular weight is 230 g/mol. The molecule has 0 aliphatic rings. The summed E-state index contributed by atoms with van der Waals surface area (Å²) in [6.07, 6.45) is 0. The largest absolute Gasteiger partial charge is 0.490 e. The Labute approximate surface area is 95.1 Å². The number of hydrogen-bond donors (Lipinski definition) is 1. The van der Waals surface area contributed by atoms with Gasteiger partial charge in [-0.1, -0.05) is 11.6 Å². The van der Waals surface area contributed by atoms with Gasteiger partial charge in [0, 0.05) is 6.54 Å². The van der Waals surface area contributed by atoms with Crippen LogP contribution >= 0.6 is 11.6 Å². The fraction of sp³-hybridized carbons (Fsp3) is 0.455. The Morgan fingerprint density at radius 2 is 1.87 bits per heavy atom. The van der Waals surface area contributed by atoms with Crippen LogP contribution in [0.2, 0.25) is 5.02 Å². The van der Waals surface area contributed by atoms with Crippen molar-refractivity contribution < 1.29 is 9.47 Å². The van der Waals surface area contributed by atoms with Crippen LogP contribution in [0.1, 0.15) is 19.4 Å². The second-order valence-electron chi connectivity index (χ2n) is 2.98. The molecule has 0 fully saturated rings. The molecule has 0 unspecified atom stereocenters. The molecule has 0 aliphatic heterocycles. The van der Waals surface area contributed by atoms with Gasteiger partial charge in [-0.2, -0.15) is 0 Å². The van der Waals surface area contributed by atoms with Gasteiger partial charge >= 0.3 is 0 Å². The van der Waals surface area contributed by atoms with E-state index in [9.17, 15) is 0 Å². The van der Waals surface area contributed by atoms with Crippen LogP contribution < -0.4 is 15.2 Å². The van der Waals surface area contributed by atoms with E-state index in [1.807, 2.05) is 19.9 Å². The quantitative estimate of drug-likeness (QED) is 0.844. The topological polar surface area (TPSA) is 44.5 Å². The molecular formula is C11H16ClNO2. The van der Waals surface area contributed by atoms with Gasteiger partial charge in [-0.25, -0.2) is 0 Å². The Kier molecular flexibility index (Phi) is 4.72. The second kappa shape index (κ2) is 5.83. The maximum absolute atomic E-state index is 6.07. The van der Waals surface area contributed by atoms with E-state index in [-0.39, 0.29) is 0 Å². The zero-order chi connectivity index (χ0) is 11.3. The van der Waals surface area contributed by atoms with Crippen molar-refractivity contribution in [2.45, 2.75) is 20.4 Å². The van der Waals surface area contributed by atoms with Gasteiger partial charge in [0.2, 0.25) is 0 Å². The highest BCUT2D eigenvalue weighted by Gasteiger charge is 2.11. The third-order valence-corrected chi connectivity index (χ3v) is 2.17.